The molecule has 0 atom stereocenters. The van der Waals surface area contributed by atoms with Crippen molar-refractivity contribution < 1.29 is 26.2 Å². The zero-order valence-corrected chi connectivity index (χ0v) is 20.9. The largest absolute Gasteiger partial charge is 4.00 e. The second kappa shape index (κ2) is 13.8. The molecule has 4 rings (SSSR count). The summed E-state index contributed by atoms with van der Waals surface area (Å²) in [5.74, 6) is 0. The average Bonchev–Trinajstić information content (AvgIpc) is 3.13. The van der Waals surface area contributed by atoms with Gasteiger partial charge in [0.1, 0.15) is 0 Å². The smallest absolute Gasteiger partial charge is 0.668 e. The van der Waals surface area contributed by atoms with E-state index < -0.39 is 0 Å². The number of hydrogen-bond donors (Lipinski definition) is 0. The standard InChI is InChI=1S/C17H14N.3C2H6N.Zr/c1-11-7-8-16-14(9-11)15-10-12-5-3-4-6-13(12)17(15)18(16)2;3*1-3-2;/h3-8H,10H2,1-2H3;3*1-2H3;/q4*-1;+4. The summed E-state index contributed by atoms with van der Waals surface area (Å²) in [6, 6.07) is 16.6. The average molecular weight is 456 g/mol. The molecule has 4 nitrogen and oxygen atoms in total. The fourth-order valence-electron chi connectivity index (χ4n) is 3.15. The van der Waals surface area contributed by atoms with E-state index in [4.69, 9.17) is 0 Å². The van der Waals surface area contributed by atoms with Crippen LogP contribution in [0.4, 0.5) is 0 Å². The van der Waals surface area contributed by atoms with E-state index in [2.05, 4.69) is 77.0 Å². The van der Waals surface area contributed by atoms with Crippen LogP contribution in [-0.2, 0) is 39.7 Å². The Morgan fingerprint density at radius 3 is 1.96 bits per heavy atom. The molecular formula is C23H32N4Zr. The minimum absolute atomic E-state index is 0. The molecule has 28 heavy (non-hydrogen) atoms. The molecule has 3 aromatic rings. The molecule has 0 aliphatic heterocycles. The zero-order chi connectivity index (χ0) is 20.4. The zero-order valence-electron chi connectivity index (χ0n) is 18.5. The Labute approximate surface area is 190 Å². The third-order valence-corrected chi connectivity index (χ3v) is 3.99. The van der Waals surface area contributed by atoms with Gasteiger partial charge < -0.3 is 20.5 Å². The predicted molar refractivity (Wildman–Crippen MR) is 120 cm³/mol. The number of benzene rings is 2. The Kier molecular flexibility index (Phi) is 13.2. The van der Waals surface area contributed by atoms with E-state index in [1.807, 2.05) is 0 Å². The van der Waals surface area contributed by atoms with Crippen LogP contribution in [0.25, 0.3) is 38.1 Å². The third kappa shape index (κ3) is 6.38. The van der Waals surface area contributed by atoms with Crippen LogP contribution in [0.5, 0.6) is 0 Å². The van der Waals surface area contributed by atoms with E-state index in [0.29, 0.717) is 0 Å². The number of rotatable bonds is 0. The molecule has 1 heterocycles. The van der Waals surface area contributed by atoms with E-state index >= 15 is 0 Å². The molecule has 0 spiro atoms. The maximum absolute atomic E-state index is 3.52. The number of nitrogens with zero attached hydrogens (tertiary/aromatic N) is 4. The summed E-state index contributed by atoms with van der Waals surface area (Å²) in [7, 11) is 12.7. The van der Waals surface area contributed by atoms with E-state index in [-0.39, 0.29) is 26.2 Å². The Morgan fingerprint density at radius 1 is 0.857 bits per heavy atom. The summed E-state index contributed by atoms with van der Waals surface area (Å²) in [6.45, 7) is 2.11. The molecule has 0 fully saturated rings. The van der Waals surface area contributed by atoms with Gasteiger partial charge in [-0.15, -0.1) is 29.1 Å². The van der Waals surface area contributed by atoms with Crippen LogP contribution in [0.1, 0.15) is 16.7 Å². The predicted octanol–water partition coefficient (Wildman–Crippen LogP) is 5.71. The molecule has 0 saturated heterocycles. The van der Waals surface area contributed by atoms with Crippen molar-refractivity contribution in [2.45, 2.75) is 13.3 Å². The van der Waals surface area contributed by atoms with Gasteiger partial charge in [-0.1, -0.05) is 36.8 Å². The van der Waals surface area contributed by atoms with Crippen molar-refractivity contribution in [3.05, 3.63) is 75.1 Å². The van der Waals surface area contributed by atoms with E-state index in [1.54, 1.807) is 42.3 Å². The van der Waals surface area contributed by atoms with Gasteiger partial charge in [-0.2, -0.15) is 42.3 Å². The van der Waals surface area contributed by atoms with Crippen LogP contribution in [0.2, 0.25) is 0 Å². The summed E-state index contributed by atoms with van der Waals surface area (Å²) in [5, 5.41) is 11.8. The van der Waals surface area contributed by atoms with Crippen molar-refractivity contribution in [2.75, 3.05) is 42.3 Å². The van der Waals surface area contributed by atoms with Crippen LogP contribution >= 0.6 is 0 Å². The molecular weight excluding hydrogens is 424 g/mol. The first-order chi connectivity index (χ1) is 13.0. The van der Waals surface area contributed by atoms with Crippen LogP contribution in [0.3, 0.4) is 0 Å². The summed E-state index contributed by atoms with van der Waals surface area (Å²) in [6.07, 6.45) is 1.04. The quantitative estimate of drug-likeness (QED) is 0.305. The second-order valence-electron chi connectivity index (χ2n) is 6.46. The van der Waals surface area contributed by atoms with E-state index in [9.17, 15) is 0 Å². The van der Waals surface area contributed by atoms with Gasteiger partial charge >= 0.3 is 26.2 Å². The fourth-order valence-corrected chi connectivity index (χ4v) is 3.15. The van der Waals surface area contributed by atoms with Gasteiger partial charge in [-0.3, -0.25) is 0 Å². The Morgan fingerprint density at radius 2 is 1.39 bits per heavy atom. The van der Waals surface area contributed by atoms with Crippen LogP contribution in [-0.4, -0.2) is 46.9 Å². The number of hydrogen-bond acceptors (Lipinski definition) is 0. The molecule has 0 unspecified atom stereocenters. The Bertz CT molecular complexity index is 835. The maximum Gasteiger partial charge on any atom is 4.00 e. The summed E-state index contributed by atoms with van der Waals surface area (Å²) >= 11 is 0. The summed E-state index contributed by atoms with van der Waals surface area (Å²) in [5.41, 5.74) is 8.15. The monoisotopic (exact) mass is 454 g/mol. The molecule has 148 valence electrons. The van der Waals surface area contributed by atoms with Gasteiger partial charge in [-0.25, -0.2) is 0 Å². The molecule has 0 radical (unpaired) electrons. The first kappa shape index (κ1) is 26.7. The maximum atomic E-state index is 3.52. The Balaban J connectivity index is 0.000000632. The first-order valence-electron chi connectivity index (χ1n) is 9.02. The molecule has 0 amide bonds. The van der Waals surface area contributed by atoms with E-state index in [0.717, 1.165) is 6.42 Å². The molecule has 0 N–H and O–H groups in total. The van der Waals surface area contributed by atoms with Crippen molar-refractivity contribution >= 4 is 10.9 Å². The topological polar surface area (TPSA) is 47.2 Å². The normalized spacial score (nSPS) is 10.1. The first-order valence-corrected chi connectivity index (χ1v) is 9.02. The van der Waals surface area contributed by atoms with Gasteiger partial charge in [0.25, 0.3) is 0 Å². The van der Waals surface area contributed by atoms with Crippen molar-refractivity contribution in [2.24, 2.45) is 7.05 Å². The van der Waals surface area contributed by atoms with Crippen molar-refractivity contribution in [3.8, 4) is 11.3 Å². The summed E-state index contributed by atoms with van der Waals surface area (Å²) in [4.78, 5) is 0. The van der Waals surface area contributed by atoms with Crippen LogP contribution in [0, 0.1) is 13.0 Å². The summed E-state index contributed by atoms with van der Waals surface area (Å²) < 4.78 is 2.31. The van der Waals surface area contributed by atoms with Crippen molar-refractivity contribution in [1.82, 2.24) is 4.57 Å². The molecule has 5 heteroatoms. The minimum Gasteiger partial charge on any atom is -0.668 e. The van der Waals surface area contributed by atoms with Gasteiger partial charge in [0, 0.05) is 12.7 Å². The SMILES string of the molecule is C[N-]C.C[N-]C.C[N-]C.Cc1[c-]c2c3c(n(C)c2cc1)-c1ccccc1C3.[Zr+4]. The molecule has 0 saturated carbocycles. The fraction of sp³-hybridized carbons (Fsp3) is 0.391. The van der Waals surface area contributed by atoms with Crippen LogP contribution in [0.15, 0.2) is 36.4 Å². The minimum atomic E-state index is 0. The van der Waals surface area contributed by atoms with Crippen molar-refractivity contribution in [3.63, 3.8) is 0 Å². The van der Waals surface area contributed by atoms with Gasteiger partial charge in [0.2, 0.25) is 0 Å². The number of aromatic nitrogens is 1. The molecule has 2 aromatic carbocycles. The molecule has 0 bridgehead atoms. The van der Waals surface area contributed by atoms with Crippen molar-refractivity contribution in [1.29, 1.82) is 0 Å². The van der Waals surface area contributed by atoms with Crippen LogP contribution < -0.4 is 0 Å². The van der Waals surface area contributed by atoms with Gasteiger partial charge in [0.05, 0.1) is 0 Å². The third-order valence-electron chi connectivity index (χ3n) is 3.99. The van der Waals surface area contributed by atoms with Gasteiger partial charge in [-0.05, 0) is 23.1 Å². The number of aryl methyl sites for hydroxylation is 2. The molecule has 1 aliphatic carbocycles. The number of fused-ring (bicyclic) bond motifs is 5. The molecule has 1 aliphatic rings. The Hall–Kier alpha value is -1.26. The molecule has 1 aromatic heterocycles. The van der Waals surface area contributed by atoms with E-state index in [1.165, 1.54) is 38.9 Å². The second-order valence-corrected chi connectivity index (χ2v) is 6.46. The van der Waals surface area contributed by atoms with Gasteiger partial charge in [0.15, 0.2) is 0 Å².